The summed E-state index contributed by atoms with van der Waals surface area (Å²) in [6, 6.07) is 20.1. The molecule has 3 aromatic carbocycles. The van der Waals surface area contributed by atoms with Crippen LogP contribution < -0.4 is 5.32 Å². The number of amides is 1. The Kier molecular flexibility index (Phi) is 4.65. The average molecular weight is 475 g/mol. The Labute approximate surface area is 168 Å². The number of nitrogens with zero attached hydrogens (tertiary/aromatic N) is 1. The normalized spacial score (nSPS) is 10.8. The van der Waals surface area contributed by atoms with Gasteiger partial charge in [0, 0.05) is 25.4 Å². The summed E-state index contributed by atoms with van der Waals surface area (Å²) in [6.45, 7) is 0. The van der Waals surface area contributed by atoms with Gasteiger partial charge in [0.2, 0.25) is 5.89 Å². The highest BCUT2D eigenvalue weighted by molar-refractivity contribution is 14.1. The number of halogens is 2. The molecule has 0 fully saturated rings. The van der Waals surface area contributed by atoms with E-state index in [9.17, 15) is 4.79 Å². The lowest BCUT2D eigenvalue weighted by atomic mass is 10.2. The third kappa shape index (κ3) is 3.59. The maximum atomic E-state index is 12.3. The van der Waals surface area contributed by atoms with Crippen molar-refractivity contribution >= 4 is 56.9 Å². The van der Waals surface area contributed by atoms with Crippen molar-refractivity contribution in [2.45, 2.75) is 0 Å². The standard InChI is InChI=1S/C20H12ClIN2O2/c21-14-5-10-18-17(11-14)24-20(26-18)13-3-8-16(9-4-13)23-19(25)12-1-6-15(22)7-2-12/h1-11H,(H,23,25). The van der Waals surface area contributed by atoms with E-state index in [1.54, 1.807) is 30.3 Å². The first-order chi connectivity index (χ1) is 12.6. The summed E-state index contributed by atoms with van der Waals surface area (Å²) < 4.78 is 6.84. The van der Waals surface area contributed by atoms with Crippen molar-refractivity contribution in [1.82, 2.24) is 4.98 Å². The van der Waals surface area contributed by atoms with Gasteiger partial charge in [-0.25, -0.2) is 4.98 Å². The summed E-state index contributed by atoms with van der Waals surface area (Å²) in [5, 5.41) is 3.50. The fourth-order valence-corrected chi connectivity index (χ4v) is 3.05. The van der Waals surface area contributed by atoms with Crippen LogP contribution in [0.4, 0.5) is 5.69 Å². The lowest BCUT2D eigenvalue weighted by Gasteiger charge is -2.06. The van der Waals surface area contributed by atoms with Gasteiger partial charge in [-0.05, 0) is 89.3 Å². The second-order valence-electron chi connectivity index (χ2n) is 5.67. The van der Waals surface area contributed by atoms with E-state index in [2.05, 4.69) is 32.9 Å². The van der Waals surface area contributed by atoms with Crippen LogP contribution in [0, 0.1) is 3.57 Å². The largest absolute Gasteiger partial charge is 0.436 e. The zero-order valence-electron chi connectivity index (χ0n) is 13.4. The predicted octanol–water partition coefficient (Wildman–Crippen LogP) is 6.01. The molecule has 26 heavy (non-hydrogen) atoms. The first kappa shape index (κ1) is 17.1. The minimum atomic E-state index is -0.148. The van der Waals surface area contributed by atoms with Crippen molar-refractivity contribution in [3.05, 3.63) is 80.9 Å². The summed E-state index contributed by atoms with van der Waals surface area (Å²) in [5.74, 6) is 0.364. The lowest BCUT2D eigenvalue weighted by molar-refractivity contribution is 0.102. The molecule has 4 aromatic rings. The van der Waals surface area contributed by atoms with Gasteiger partial charge in [0.1, 0.15) is 5.52 Å². The number of rotatable bonds is 3. The van der Waals surface area contributed by atoms with Crippen molar-refractivity contribution in [3.8, 4) is 11.5 Å². The Morgan fingerprint density at radius 2 is 1.73 bits per heavy atom. The third-order valence-electron chi connectivity index (χ3n) is 3.85. The summed E-state index contributed by atoms with van der Waals surface area (Å²) in [4.78, 5) is 16.7. The highest BCUT2D eigenvalue weighted by Gasteiger charge is 2.10. The minimum Gasteiger partial charge on any atom is -0.436 e. The quantitative estimate of drug-likeness (QED) is 0.370. The molecule has 0 radical (unpaired) electrons. The lowest BCUT2D eigenvalue weighted by Crippen LogP contribution is -2.11. The number of benzene rings is 3. The van der Waals surface area contributed by atoms with E-state index >= 15 is 0 Å². The van der Waals surface area contributed by atoms with Crippen LogP contribution in [0.3, 0.4) is 0 Å². The molecular formula is C20H12ClIN2O2. The molecule has 0 unspecified atom stereocenters. The number of hydrogen-bond acceptors (Lipinski definition) is 3. The van der Waals surface area contributed by atoms with E-state index in [-0.39, 0.29) is 5.91 Å². The molecule has 1 N–H and O–H groups in total. The summed E-state index contributed by atoms with van der Waals surface area (Å²) in [7, 11) is 0. The van der Waals surface area contributed by atoms with Crippen molar-refractivity contribution in [1.29, 1.82) is 0 Å². The molecule has 0 atom stereocenters. The predicted molar refractivity (Wildman–Crippen MR) is 112 cm³/mol. The van der Waals surface area contributed by atoms with Crippen LogP contribution in [0.1, 0.15) is 10.4 Å². The van der Waals surface area contributed by atoms with Crippen LogP contribution in [-0.4, -0.2) is 10.9 Å². The van der Waals surface area contributed by atoms with Gasteiger partial charge in [-0.3, -0.25) is 4.79 Å². The zero-order valence-corrected chi connectivity index (χ0v) is 16.3. The molecule has 0 aliphatic heterocycles. The van der Waals surface area contributed by atoms with E-state index in [1.165, 1.54) is 0 Å². The molecule has 4 nitrogen and oxygen atoms in total. The molecule has 0 saturated heterocycles. The number of anilines is 1. The second-order valence-corrected chi connectivity index (χ2v) is 7.35. The van der Waals surface area contributed by atoms with Crippen LogP contribution >= 0.6 is 34.2 Å². The molecule has 4 rings (SSSR count). The maximum absolute atomic E-state index is 12.3. The van der Waals surface area contributed by atoms with Gasteiger partial charge in [0.05, 0.1) is 0 Å². The Morgan fingerprint density at radius 3 is 2.46 bits per heavy atom. The zero-order chi connectivity index (χ0) is 18.1. The molecule has 0 saturated carbocycles. The molecule has 1 amide bonds. The molecular weight excluding hydrogens is 463 g/mol. The minimum absolute atomic E-state index is 0.148. The first-order valence-electron chi connectivity index (χ1n) is 7.82. The van der Waals surface area contributed by atoms with Crippen molar-refractivity contribution in [2.24, 2.45) is 0 Å². The van der Waals surface area contributed by atoms with Crippen LogP contribution in [0.2, 0.25) is 5.02 Å². The number of carbonyl (C=O) groups is 1. The van der Waals surface area contributed by atoms with Gasteiger partial charge < -0.3 is 9.73 Å². The maximum Gasteiger partial charge on any atom is 0.255 e. The van der Waals surface area contributed by atoms with Crippen LogP contribution in [0.5, 0.6) is 0 Å². The summed E-state index contributed by atoms with van der Waals surface area (Å²) in [5.41, 5.74) is 3.54. The number of fused-ring (bicyclic) bond motifs is 1. The number of nitrogens with one attached hydrogen (secondary N) is 1. The summed E-state index contributed by atoms with van der Waals surface area (Å²) >= 11 is 8.19. The van der Waals surface area contributed by atoms with E-state index < -0.39 is 0 Å². The smallest absolute Gasteiger partial charge is 0.255 e. The molecule has 1 heterocycles. The Hall–Kier alpha value is -2.38. The highest BCUT2D eigenvalue weighted by Crippen LogP contribution is 2.27. The fraction of sp³-hybridized carbons (Fsp3) is 0. The van der Waals surface area contributed by atoms with E-state index in [1.807, 2.05) is 36.4 Å². The van der Waals surface area contributed by atoms with E-state index in [4.69, 9.17) is 16.0 Å². The van der Waals surface area contributed by atoms with Crippen LogP contribution in [-0.2, 0) is 0 Å². The van der Waals surface area contributed by atoms with Crippen molar-refractivity contribution in [3.63, 3.8) is 0 Å². The Bertz CT molecular complexity index is 1090. The summed E-state index contributed by atoms with van der Waals surface area (Å²) in [6.07, 6.45) is 0. The molecule has 0 aliphatic carbocycles. The number of aromatic nitrogens is 1. The van der Waals surface area contributed by atoms with Gasteiger partial charge in [-0.15, -0.1) is 0 Å². The number of carbonyl (C=O) groups excluding carboxylic acids is 1. The fourth-order valence-electron chi connectivity index (χ4n) is 2.52. The van der Waals surface area contributed by atoms with Gasteiger partial charge in [0.15, 0.2) is 5.58 Å². The monoisotopic (exact) mass is 474 g/mol. The third-order valence-corrected chi connectivity index (χ3v) is 4.80. The Morgan fingerprint density at radius 1 is 1.00 bits per heavy atom. The second kappa shape index (κ2) is 7.09. The molecule has 0 bridgehead atoms. The van der Waals surface area contributed by atoms with Crippen molar-refractivity contribution < 1.29 is 9.21 Å². The van der Waals surface area contributed by atoms with Crippen LogP contribution in [0.15, 0.2) is 71.1 Å². The molecule has 128 valence electrons. The van der Waals surface area contributed by atoms with E-state index in [0.717, 1.165) is 9.13 Å². The molecule has 0 aliphatic rings. The SMILES string of the molecule is O=C(Nc1ccc(-c2nc3cc(Cl)ccc3o2)cc1)c1ccc(I)cc1. The highest BCUT2D eigenvalue weighted by atomic mass is 127. The van der Waals surface area contributed by atoms with Crippen molar-refractivity contribution in [2.75, 3.05) is 5.32 Å². The average Bonchev–Trinajstić information content (AvgIpc) is 3.06. The van der Waals surface area contributed by atoms with Gasteiger partial charge in [-0.1, -0.05) is 11.6 Å². The number of oxazole rings is 1. The Balaban J connectivity index is 1.54. The van der Waals surface area contributed by atoms with E-state index in [0.29, 0.717) is 33.3 Å². The van der Waals surface area contributed by atoms with Gasteiger partial charge >= 0.3 is 0 Å². The van der Waals surface area contributed by atoms with Crippen LogP contribution in [0.25, 0.3) is 22.6 Å². The molecule has 0 spiro atoms. The molecule has 6 heteroatoms. The van der Waals surface area contributed by atoms with Gasteiger partial charge in [0.25, 0.3) is 5.91 Å². The van der Waals surface area contributed by atoms with Gasteiger partial charge in [-0.2, -0.15) is 0 Å². The molecule has 1 aromatic heterocycles. The topological polar surface area (TPSA) is 55.1 Å². The first-order valence-corrected chi connectivity index (χ1v) is 9.28. The number of hydrogen-bond donors (Lipinski definition) is 1.